The van der Waals surface area contributed by atoms with E-state index in [1.165, 1.54) is 17.0 Å². The van der Waals surface area contributed by atoms with Crippen LogP contribution in [-0.2, 0) is 30.4 Å². The molecule has 1 aromatic rings. The molecule has 0 saturated carbocycles. The van der Waals surface area contributed by atoms with E-state index < -0.39 is 53.8 Å². The zero-order valence-corrected chi connectivity index (χ0v) is 21.2. The molecule has 0 spiro atoms. The highest BCUT2D eigenvalue weighted by molar-refractivity contribution is 5.94. The number of benzene rings is 1. The second-order valence-electron chi connectivity index (χ2n) is 9.76. The molecular formula is C25H37N5O7. The molecule has 1 fully saturated rings. The zero-order valence-electron chi connectivity index (χ0n) is 21.2. The van der Waals surface area contributed by atoms with Crippen LogP contribution in [0.3, 0.4) is 0 Å². The van der Waals surface area contributed by atoms with Gasteiger partial charge in [-0.1, -0.05) is 26.0 Å². The number of hydrogen-bond acceptors (Lipinski definition) is 7. The van der Waals surface area contributed by atoms with Crippen molar-refractivity contribution in [2.45, 2.75) is 76.5 Å². The molecule has 0 bridgehead atoms. The third kappa shape index (κ3) is 9.05. The van der Waals surface area contributed by atoms with Gasteiger partial charge in [-0.3, -0.25) is 19.2 Å². The SMILES string of the molecule is CC(C)C[C@H](NC(=O)[C@H](CCC(N)=O)NC(=O)[C@@H](N)Cc1ccc(O)cc1)C(=O)N1CCC[C@H]1C(=O)O. The van der Waals surface area contributed by atoms with Crippen LogP contribution in [0.25, 0.3) is 0 Å². The number of carboxylic acid groups (broad SMARTS) is 1. The van der Waals surface area contributed by atoms with Gasteiger partial charge in [-0.05, 0) is 55.7 Å². The minimum Gasteiger partial charge on any atom is -0.508 e. The van der Waals surface area contributed by atoms with Gasteiger partial charge in [0.1, 0.15) is 23.9 Å². The van der Waals surface area contributed by atoms with E-state index in [1.807, 2.05) is 13.8 Å². The second-order valence-corrected chi connectivity index (χ2v) is 9.76. The number of aromatic hydroxyl groups is 1. The minimum absolute atomic E-state index is 0.00229. The van der Waals surface area contributed by atoms with Gasteiger partial charge in [0.05, 0.1) is 6.04 Å². The molecule has 12 nitrogen and oxygen atoms in total. The Hall–Kier alpha value is -3.67. The number of carbonyl (C=O) groups excluding carboxylic acids is 4. The van der Waals surface area contributed by atoms with Crippen LogP contribution in [0, 0.1) is 5.92 Å². The lowest BCUT2D eigenvalue weighted by Gasteiger charge is -2.29. The number of likely N-dealkylation sites (tertiary alicyclic amines) is 1. The van der Waals surface area contributed by atoms with Crippen LogP contribution in [0.1, 0.15) is 51.5 Å². The predicted octanol–water partition coefficient (Wildman–Crippen LogP) is -0.381. The van der Waals surface area contributed by atoms with Crippen molar-refractivity contribution in [2.24, 2.45) is 17.4 Å². The van der Waals surface area contributed by atoms with Crippen LogP contribution in [0.2, 0.25) is 0 Å². The highest BCUT2D eigenvalue weighted by Crippen LogP contribution is 2.20. The Morgan fingerprint density at radius 1 is 1.05 bits per heavy atom. The molecule has 204 valence electrons. The third-order valence-electron chi connectivity index (χ3n) is 6.18. The third-order valence-corrected chi connectivity index (χ3v) is 6.18. The fourth-order valence-corrected chi connectivity index (χ4v) is 4.27. The maximum Gasteiger partial charge on any atom is 0.326 e. The molecule has 0 aliphatic carbocycles. The van der Waals surface area contributed by atoms with Gasteiger partial charge in [0.25, 0.3) is 0 Å². The number of nitrogens with one attached hydrogen (secondary N) is 2. The molecule has 8 N–H and O–H groups in total. The average Bonchev–Trinajstić information content (AvgIpc) is 3.32. The van der Waals surface area contributed by atoms with Crippen LogP contribution in [0.4, 0.5) is 0 Å². The summed E-state index contributed by atoms with van der Waals surface area (Å²) in [5, 5.41) is 24.1. The van der Waals surface area contributed by atoms with E-state index >= 15 is 0 Å². The number of carboxylic acids is 1. The number of nitrogens with zero attached hydrogens (tertiary/aromatic N) is 1. The highest BCUT2D eigenvalue weighted by Gasteiger charge is 2.38. The average molecular weight is 520 g/mol. The quantitative estimate of drug-likeness (QED) is 0.202. The molecule has 4 atom stereocenters. The zero-order chi connectivity index (χ0) is 27.7. The molecule has 1 aliphatic heterocycles. The summed E-state index contributed by atoms with van der Waals surface area (Å²) in [5.74, 6) is -3.55. The van der Waals surface area contributed by atoms with Crippen molar-refractivity contribution in [3.05, 3.63) is 29.8 Å². The van der Waals surface area contributed by atoms with Crippen LogP contribution in [0.15, 0.2) is 24.3 Å². The number of carbonyl (C=O) groups is 5. The number of rotatable bonds is 13. The monoisotopic (exact) mass is 519 g/mol. The lowest BCUT2D eigenvalue weighted by molar-refractivity contribution is -0.149. The number of phenolic OH excluding ortho intramolecular Hbond substituents is 1. The molecule has 0 radical (unpaired) electrons. The van der Waals surface area contributed by atoms with Gasteiger partial charge in [-0.2, -0.15) is 0 Å². The summed E-state index contributed by atoms with van der Waals surface area (Å²) in [4.78, 5) is 63.4. The number of aliphatic carboxylic acids is 1. The van der Waals surface area contributed by atoms with Gasteiger partial charge in [0.15, 0.2) is 0 Å². The second kappa shape index (κ2) is 13.6. The first-order valence-corrected chi connectivity index (χ1v) is 12.3. The molecular weight excluding hydrogens is 482 g/mol. The molecule has 4 amide bonds. The van der Waals surface area contributed by atoms with Crippen LogP contribution >= 0.6 is 0 Å². The van der Waals surface area contributed by atoms with E-state index in [0.29, 0.717) is 18.4 Å². The van der Waals surface area contributed by atoms with Crippen LogP contribution < -0.4 is 22.1 Å². The molecule has 1 saturated heterocycles. The Bertz CT molecular complexity index is 982. The molecule has 1 aromatic carbocycles. The van der Waals surface area contributed by atoms with Gasteiger partial charge in [-0.15, -0.1) is 0 Å². The van der Waals surface area contributed by atoms with Gasteiger partial charge in [0.2, 0.25) is 23.6 Å². The van der Waals surface area contributed by atoms with Crippen molar-refractivity contribution in [3.8, 4) is 5.75 Å². The van der Waals surface area contributed by atoms with Crippen molar-refractivity contribution in [3.63, 3.8) is 0 Å². The molecule has 1 aliphatic rings. The largest absolute Gasteiger partial charge is 0.508 e. The molecule has 0 unspecified atom stereocenters. The van der Waals surface area contributed by atoms with Gasteiger partial charge in [0, 0.05) is 13.0 Å². The molecule has 0 aromatic heterocycles. The summed E-state index contributed by atoms with van der Waals surface area (Å²) in [7, 11) is 0. The molecule has 2 rings (SSSR count). The van der Waals surface area contributed by atoms with Crippen molar-refractivity contribution in [1.82, 2.24) is 15.5 Å². The molecule has 1 heterocycles. The van der Waals surface area contributed by atoms with E-state index in [4.69, 9.17) is 11.5 Å². The summed E-state index contributed by atoms with van der Waals surface area (Å²) >= 11 is 0. The summed E-state index contributed by atoms with van der Waals surface area (Å²) in [5.41, 5.74) is 12.0. The number of amides is 4. The standard InChI is InChI=1S/C25H37N5O7/c1-14(2)12-19(24(35)30-11-3-4-20(30)25(36)37)29-23(34)18(9-10-21(27)32)28-22(33)17(26)13-15-5-7-16(31)8-6-15/h5-8,14,17-20,31H,3-4,9-13,26H2,1-2H3,(H2,27,32)(H,28,33)(H,29,34)(H,36,37)/t17-,18-,19-,20-/m0/s1. The van der Waals surface area contributed by atoms with Crippen molar-refractivity contribution < 1.29 is 34.2 Å². The maximum absolute atomic E-state index is 13.2. The van der Waals surface area contributed by atoms with E-state index in [-0.39, 0.29) is 43.9 Å². The topological polar surface area (TPSA) is 205 Å². The Morgan fingerprint density at radius 3 is 2.24 bits per heavy atom. The molecule has 12 heteroatoms. The van der Waals surface area contributed by atoms with Crippen molar-refractivity contribution in [2.75, 3.05) is 6.54 Å². The summed E-state index contributed by atoms with van der Waals surface area (Å²) in [6.45, 7) is 3.99. The first kappa shape index (κ1) is 29.6. The van der Waals surface area contributed by atoms with Gasteiger partial charge < -0.3 is 37.2 Å². The van der Waals surface area contributed by atoms with Crippen molar-refractivity contribution >= 4 is 29.6 Å². The normalized spacial score (nSPS) is 17.6. The number of hydrogen-bond donors (Lipinski definition) is 6. The minimum atomic E-state index is -1.19. The van der Waals surface area contributed by atoms with E-state index in [9.17, 15) is 34.2 Å². The fraction of sp³-hybridized carbons (Fsp3) is 0.560. The van der Waals surface area contributed by atoms with Gasteiger partial charge >= 0.3 is 5.97 Å². The number of phenols is 1. The Balaban J connectivity index is 2.14. The molecule has 37 heavy (non-hydrogen) atoms. The van der Waals surface area contributed by atoms with E-state index in [2.05, 4.69) is 10.6 Å². The fourth-order valence-electron chi connectivity index (χ4n) is 4.27. The lowest BCUT2D eigenvalue weighted by Crippen LogP contribution is -2.57. The first-order chi connectivity index (χ1) is 17.4. The number of nitrogens with two attached hydrogens (primary N) is 2. The summed E-state index contributed by atoms with van der Waals surface area (Å²) < 4.78 is 0. The Kier molecular flexibility index (Phi) is 10.9. The van der Waals surface area contributed by atoms with Crippen LogP contribution in [-0.4, -0.2) is 75.4 Å². The summed E-state index contributed by atoms with van der Waals surface area (Å²) in [6, 6.07) is 1.97. The lowest BCUT2D eigenvalue weighted by atomic mass is 10.0. The smallest absolute Gasteiger partial charge is 0.326 e. The van der Waals surface area contributed by atoms with Gasteiger partial charge in [-0.25, -0.2) is 4.79 Å². The maximum atomic E-state index is 13.2. The highest BCUT2D eigenvalue weighted by atomic mass is 16.4. The predicted molar refractivity (Wildman–Crippen MR) is 134 cm³/mol. The van der Waals surface area contributed by atoms with Crippen molar-refractivity contribution in [1.29, 1.82) is 0 Å². The first-order valence-electron chi connectivity index (χ1n) is 12.3. The van der Waals surface area contributed by atoms with Crippen LogP contribution in [0.5, 0.6) is 5.75 Å². The van der Waals surface area contributed by atoms with E-state index in [1.54, 1.807) is 12.1 Å². The Labute approximate surface area is 215 Å². The summed E-state index contributed by atoms with van der Waals surface area (Å²) in [6.07, 6.45) is 0.964. The Morgan fingerprint density at radius 2 is 1.68 bits per heavy atom. The number of primary amides is 1. The van der Waals surface area contributed by atoms with E-state index in [0.717, 1.165) is 0 Å².